The lowest BCUT2D eigenvalue weighted by atomic mass is 9.89. The highest BCUT2D eigenvalue weighted by Crippen LogP contribution is 2.26. The molecular formula is C15H30N2. The molecule has 0 amide bonds. The lowest BCUT2D eigenvalue weighted by Crippen LogP contribution is -2.36. The normalized spacial score (nSPS) is 33.4. The summed E-state index contributed by atoms with van der Waals surface area (Å²) in [4.78, 5) is 2.80. The molecule has 0 radical (unpaired) electrons. The van der Waals surface area contributed by atoms with Crippen LogP contribution in [0, 0.1) is 11.8 Å². The highest BCUT2D eigenvalue weighted by Gasteiger charge is 2.24. The zero-order chi connectivity index (χ0) is 12.1. The van der Waals surface area contributed by atoms with Crippen molar-refractivity contribution < 1.29 is 0 Å². The standard InChI is InChI=1S/C15H30N2/c1-13(2)14-5-4-11-17(12-8-14)15-6-3-9-16-10-7-15/h13-16H,3-12H2,1-2H3. The maximum absolute atomic E-state index is 3.53. The van der Waals surface area contributed by atoms with Crippen molar-refractivity contribution in [3.8, 4) is 0 Å². The van der Waals surface area contributed by atoms with Gasteiger partial charge in [-0.15, -0.1) is 0 Å². The van der Waals surface area contributed by atoms with Gasteiger partial charge in [0.1, 0.15) is 0 Å². The summed E-state index contributed by atoms with van der Waals surface area (Å²) >= 11 is 0. The maximum Gasteiger partial charge on any atom is 0.0108 e. The molecule has 2 aliphatic rings. The first-order valence-electron chi connectivity index (χ1n) is 7.72. The van der Waals surface area contributed by atoms with Crippen LogP contribution >= 0.6 is 0 Å². The van der Waals surface area contributed by atoms with E-state index in [1.54, 1.807) is 0 Å². The number of rotatable bonds is 2. The van der Waals surface area contributed by atoms with E-state index < -0.39 is 0 Å². The predicted molar refractivity (Wildman–Crippen MR) is 74.3 cm³/mol. The van der Waals surface area contributed by atoms with Gasteiger partial charge in [0, 0.05) is 6.04 Å². The number of likely N-dealkylation sites (tertiary alicyclic amines) is 1. The summed E-state index contributed by atoms with van der Waals surface area (Å²) in [6, 6.07) is 0.871. The molecule has 0 spiro atoms. The molecule has 2 saturated heterocycles. The quantitative estimate of drug-likeness (QED) is 0.796. The number of hydrogen-bond acceptors (Lipinski definition) is 2. The van der Waals surface area contributed by atoms with Gasteiger partial charge in [-0.1, -0.05) is 13.8 Å². The molecule has 2 atom stereocenters. The molecule has 0 saturated carbocycles. The van der Waals surface area contributed by atoms with Crippen molar-refractivity contribution in [1.29, 1.82) is 0 Å². The monoisotopic (exact) mass is 238 g/mol. The van der Waals surface area contributed by atoms with Crippen LogP contribution in [0.25, 0.3) is 0 Å². The molecule has 2 unspecified atom stereocenters. The van der Waals surface area contributed by atoms with E-state index in [1.807, 2.05) is 0 Å². The van der Waals surface area contributed by atoms with E-state index in [4.69, 9.17) is 0 Å². The topological polar surface area (TPSA) is 15.3 Å². The molecule has 2 aliphatic heterocycles. The molecule has 2 fully saturated rings. The molecule has 17 heavy (non-hydrogen) atoms. The van der Waals surface area contributed by atoms with Gasteiger partial charge in [-0.25, -0.2) is 0 Å². The minimum absolute atomic E-state index is 0.871. The minimum atomic E-state index is 0.871. The largest absolute Gasteiger partial charge is 0.317 e. The average Bonchev–Trinajstić information content (AvgIpc) is 2.71. The lowest BCUT2D eigenvalue weighted by molar-refractivity contribution is 0.184. The molecule has 0 bridgehead atoms. The number of nitrogens with one attached hydrogen (secondary N) is 1. The van der Waals surface area contributed by atoms with Gasteiger partial charge in [-0.3, -0.25) is 0 Å². The molecular weight excluding hydrogens is 208 g/mol. The minimum Gasteiger partial charge on any atom is -0.317 e. The molecule has 0 aromatic rings. The van der Waals surface area contributed by atoms with Crippen molar-refractivity contribution in [3.05, 3.63) is 0 Å². The highest BCUT2D eigenvalue weighted by atomic mass is 15.2. The van der Waals surface area contributed by atoms with Crippen LogP contribution in [0.15, 0.2) is 0 Å². The molecule has 0 aromatic heterocycles. The Morgan fingerprint density at radius 3 is 2.65 bits per heavy atom. The molecule has 2 rings (SSSR count). The third kappa shape index (κ3) is 3.96. The van der Waals surface area contributed by atoms with Gasteiger partial charge in [-0.2, -0.15) is 0 Å². The Morgan fingerprint density at radius 2 is 1.82 bits per heavy atom. The summed E-state index contributed by atoms with van der Waals surface area (Å²) in [6.07, 6.45) is 8.47. The van der Waals surface area contributed by atoms with E-state index in [1.165, 1.54) is 64.7 Å². The van der Waals surface area contributed by atoms with Gasteiger partial charge in [0.25, 0.3) is 0 Å². The van der Waals surface area contributed by atoms with E-state index in [-0.39, 0.29) is 0 Å². The second kappa shape index (κ2) is 6.75. The first kappa shape index (κ1) is 13.4. The van der Waals surface area contributed by atoms with Crippen LogP contribution in [0.1, 0.15) is 52.4 Å². The van der Waals surface area contributed by atoms with Crippen molar-refractivity contribution in [2.24, 2.45) is 11.8 Å². The summed E-state index contributed by atoms with van der Waals surface area (Å²) in [5.74, 6) is 1.86. The maximum atomic E-state index is 3.53. The Bertz CT molecular complexity index is 207. The van der Waals surface area contributed by atoms with Crippen LogP contribution in [0.5, 0.6) is 0 Å². The molecule has 100 valence electrons. The smallest absolute Gasteiger partial charge is 0.0108 e. The van der Waals surface area contributed by atoms with E-state index in [2.05, 4.69) is 24.1 Å². The fourth-order valence-electron chi connectivity index (χ4n) is 3.54. The first-order valence-corrected chi connectivity index (χ1v) is 7.72. The SMILES string of the molecule is CC(C)C1CCCN(C2CCCNCC2)CC1. The van der Waals surface area contributed by atoms with Crippen LogP contribution in [0.2, 0.25) is 0 Å². The van der Waals surface area contributed by atoms with Crippen molar-refractivity contribution in [2.75, 3.05) is 26.2 Å². The van der Waals surface area contributed by atoms with Crippen molar-refractivity contribution in [1.82, 2.24) is 10.2 Å². The molecule has 0 aliphatic carbocycles. The zero-order valence-corrected chi connectivity index (χ0v) is 11.8. The predicted octanol–water partition coefficient (Wildman–Crippen LogP) is 2.89. The second-order valence-electron chi connectivity index (χ2n) is 6.31. The Balaban J connectivity index is 1.84. The van der Waals surface area contributed by atoms with Crippen LogP contribution in [-0.4, -0.2) is 37.1 Å². The van der Waals surface area contributed by atoms with Crippen molar-refractivity contribution >= 4 is 0 Å². The third-order valence-electron chi connectivity index (χ3n) is 4.81. The Morgan fingerprint density at radius 1 is 0.941 bits per heavy atom. The third-order valence-corrected chi connectivity index (χ3v) is 4.81. The van der Waals surface area contributed by atoms with Crippen LogP contribution in [0.4, 0.5) is 0 Å². The lowest BCUT2D eigenvalue weighted by Gasteiger charge is -2.30. The summed E-state index contributed by atoms with van der Waals surface area (Å²) in [6.45, 7) is 9.97. The molecule has 2 nitrogen and oxygen atoms in total. The van der Waals surface area contributed by atoms with E-state index in [9.17, 15) is 0 Å². The molecule has 0 aromatic carbocycles. The van der Waals surface area contributed by atoms with Crippen molar-refractivity contribution in [3.63, 3.8) is 0 Å². The summed E-state index contributed by atoms with van der Waals surface area (Å²) < 4.78 is 0. The van der Waals surface area contributed by atoms with Gasteiger partial charge in [0.2, 0.25) is 0 Å². The average molecular weight is 238 g/mol. The molecule has 2 heteroatoms. The zero-order valence-electron chi connectivity index (χ0n) is 11.8. The van der Waals surface area contributed by atoms with Gasteiger partial charge in [0.15, 0.2) is 0 Å². The van der Waals surface area contributed by atoms with Crippen LogP contribution < -0.4 is 5.32 Å². The van der Waals surface area contributed by atoms with Gasteiger partial charge >= 0.3 is 0 Å². The second-order valence-corrected chi connectivity index (χ2v) is 6.31. The highest BCUT2D eigenvalue weighted by molar-refractivity contribution is 4.80. The summed E-state index contributed by atoms with van der Waals surface area (Å²) in [5.41, 5.74) is 0. The molecule has 2 heterocycles. The van der Waals surface area contributed by atoms with Gasteiger partial charge < -0.3 is 10.2 Å². The fraction of sp³-hybridized carbons (Fsp3) is 1.00. The summed E-state index contributed by atoms with van der Waals surface area (Å²) in [5, 5.41) is 3.53. The van der Waals surface area contributed by atoms with Crippen molar-refractivity contribution in [2.45, 2.75) is 58.4 Å². The Hall–Kier alpha value is -0.0800. The number of nitrogens with zero attached hydrogens (tertiary/aromatic N) is 1. The number of hydrogen-bond donors (Lipinski definition) is 1. The fourth-order valence-corrected chi connectivity index (χ4v) is 3.54. The van der Waals surface area contributed by atoms with Gasteiger partial charge in [-0.05, 0) is 76.5 Å². The van der Waals surface area contributed by atoms with Crippen LogP contribution in [0.3, 0.4) is 0 Å². The Kier molecular flexibility index (Phi) is 5.30. The Labute approximate surface area is 107 Å². The van der Waals surface area contributed by atoms with E-state index in [0.717, 1.165) is 17.9 Å². The summed E-state index contributed by atoms with van der Waals surface area (Å²) in [7, 11) is 0. The van der Waals surface area contributed by atoms with Gasteiger partial charge in [0.05, 0.1) is 0 Å². The van der Waals surface area contributed by atoms with Crippen LogP contribution in [-0.2, 0) is 0 Å². The van der Waals surface area contributed by atoms with E-state index in [0.29, 0.717) is 0 Å². The molecule has 1 N–H and O–H groups in total. The first-order chi connectivity index (χ1) is 8.27. The van der Waals surface area contributed by atoms with E-state index >= 15 is 0 Å².